The Bertz CT molecular complexity index is 839. The van der Waals surface area contributed by atoms with E-state index in [1.807, 2.05) is 46.8 Å². The summed E-state index contributed by atoms with van der Waals surface area (Å²) in [4.78, 5) is 23.1. The van der Waals surface area contributed by atoms with Crippen molar-refractivity contribution in [1.82, 2.24) is 29.2 Å². The minimum absolute atomic E-state index is 0.0658. The van der Waals surface area contributed by atoms with Gasteiger partial charge in [0.2, 0.25) is 5.91 Å². The zero-order chi connectivity index (χ0) is 16.5. The highest BCUT2D eigenvalue weighted by Crippen LogP contribution is 2.26. The SMILES string of the molecule is C[C@H]1c2nc(-c3ccccc3)nn2CCN1C(=O)Cn1ccnc1. The molecule has 3 aromatic rings. The lowest BCUT2D eigenvalue weighted by Gasteiger charge is -2.33. The van der Waals surface area contributed by atoms with E-state index in [1.54, 1.807) is 23.3 Å². The van der Waals surface area contributed by atoms with Crippen LogP contribution in [-0.2, 0) is 17.9 Å². The smallest absolute Gasteiger partial charge is 0.243 e. The Balaban J connectivity index is 1.57. The maximum absolute atomic E-state index is 12.6. The molecule has 0 aliphatic carbocycles. The fourth-order valence-corrected chi connectivity index (χ4v) is 3.04. The van der Waals surface area contributed by atoms with Gasteiger partial charge in [0, 0.05) is 24.5 Å². The predicted molar refractivity (Wildman–Crippen MR) is 87.8 cm³/mol. The molecule has 0 saturated heterocycles. The van der Waals surface area contributed by atoms with Crippen LogP contribution in [0.15, 0.2) is 49.1 Å². The fraction of sp³-hybridized carbons (Fsp3) is 0.294. The molecule has 1 aliphatic rings. The van der Waals surface area contributed by atoms with Crippen LogP contribution in [0.5, 0.6) is 0 Å². The van der Waals surface area contributed by atoms with E-state index >= 15 is 0 Å². The van der Waals surface area contributed by atoms with Crippen LogP contribution in [0.25, 0.3) is 11.4 Å². The van der Waals surface area contributed by atoms with Crippen molar-refractivity contribution in [2.45, 2.75) is 26.1 Å². The lowest BCUT2D eigenvalue weighted by Crippen LogP contribution is -2.42. The number of rotatable bonds is 3. The first-order valence-electron chi connectivity index (χ1n) is 7.98. The molecule has 3 heterocycles. The summed E-state index contributed by atoms with van der Waals surface area (Å²) < 4.78 is 3.69. The Morgan fingerprint density at radius 1 is 1.25 bits per heavy atom. The number of nitrogens with zero attached hydrogens (tertiary/aromatic N) is 6. The molecule has 24 heavy (non-hydrogen) atoms. The molecule has 0 saturated carbocycles. The number of hydrogen-bond donors (Lipinski definition) is 0. The molecule has 0 bridgehead atoms. The van der Waals surface area contributed by atoms with Crippen molar-refractivity contribution in [3.63, 3.8) is 0 Å². The summed E-state index contributed by atoms with van der Waals surface area (Å²) in [6, 6.07) is 9.81. The van der Waals surface area contributed by atoms with Crippen LogP contribution >= 0.6 is 0 Å². The van der Waals surface area contributed by atoms with Crippen molar-refractivity contribution in [2.24, 2.45) is 0 Å². The van der Waals surface area contributed by atoms with E-state index in [2.05, 4.69) is 15.1 Å². The number of imidazole rings is 1. The molecule has 2 aromatic heterocycles. The third-order valence-electron chi connectivity index (χ3n) is 4.32. The van der Waals surface area contributed by atoms with Crippen molar-refractivity contribution in [3.8, 4) is 11.4 Å². The van der Waals surface area contributed by atoms with Gasteiger partial charge >= 0.3 is 0 Å². The van der Waals surface area contributed by atoms with Gasteiger partial charge in [0.15, 0.2) is 5.82 Å². The lowest BCUT2D eigenvalue weighted by atomic mass is 10.2. The zero-order valence-electron chi connectivity index (χ0n) is 13.4. The fourth-order valence-electron chi connectivity index (χ4n) is 3.04. The van der Waals surface area contributed by atoms with Gasteiger partial charge in [-0.3, -0.25) is 4.79 Å². The van der Waals surface area contributed by atoms with Gasteiger partial charge in [0.05, 0.1) is 18.9 Å². The van der Waals surface area contributed by atoms with E-state index in [0.29, 0.717) is 25.5 Å². The summed E-state index contributed by atoms with van der Waals surface area (Å²) in [6.45, 7) is 3.60. The second-order valence-electron chi connectivity index (χ2n) is 5.88. The number of hydrogen-bond acceptors (Lipinski definition) is 4. The quantitative estimate of drug-likeness (QED) is 0.736. The molecule has 7 heteroatoms. The van der Waals surface area contributed by atoms with Crippen molar-refractivity contribution >= 4 is 5.91 Å². The molecule has 1 aliphatic heterocycles. The van der Waals surface area contributed by atoms with Crippen LogP contribution in [0, 0.1) is 0 Å². The monoisotopic (exact) mass is 322 g/mol. The molecule has 0 N–H and O–H groups in total. The molecule has 1 atom stereocenters. The topological polar surface area (TPSA) is 68.8 Å². The normalized spacial score (nSPS) is 16.9. The summed E-state index contributed by atoms with van der Waals surface area (Å²) in [5, 5.41) is 4.59. The Kier molecular flexibility index (Phi) is 3.60. The van der Waals surface area contributed by atoms with Crippen LogP contribution in [0.3, 0.4) is 0 Å². The van der Waals surface area contributed by atoms with Gasteiger partial charge < -0.3 is 9.47 Å². The molecule has 4 rings (SSSR count). The van der Waals surface area contributed by atoms with E-state index in [4.69, 9.17) is 0 Å². The minimum Gasteiger partial charge on any atom is -0.329 e. The first-order valence-corrected chi connectivity index (χ1v) is 7.98. The Morgan fingerprint density at radius 3 is 2.83 bits per heavy atom. The maximum Gasteiger partial charge on any atom is 0.243 e. The van der Waals surface area contributed by atoms with Crippen LogP contribution in [0.4, 0.5) is 0 Å². The molecule has 0 spiro atoms. The summed E-state index contributed by atoms with van der Waals surface area (Å²) in [5.74, 6) is 1.61. The van der Waals surface area contributed by atoms with Crippen LogP contribution in [-0.4, -0.2) is 41.7 Å². The van der Waals surface area contributed by atoms with Gasteiger partial charge in [-0.2, -0.15) is 5.10 Å². The third-order valence-corrected chi connectivity index (χ3v) is 4.32. The summed E-state index contributed by atoms with van der Waals surface area (Å²) in [5.41, 5.74) is 0.989. The number of carbonyl (C=O) groups excluding carboxylic acids is 1. The van der Waals surface area contributed by atoms with Crippen molar-refractivity contribution < 1.29 is 4.79 Å². The van der Waals surface area contributed by atoms with Gasteiger partial charge in [-0.15, -0.1) is 0 Å². The molecular formula is C17H18N6O. The number of fused-ring (bicyclic) bond motifs is 1. The average molecular weight is 322 g/mol. The first kappa shape index (κ1) is 14.6. The largest absolute Gasteiger partial charge is 0.329 e. The van der Waals surface area contributed by atoms with Gasteiger partial charge in [-0.1, -0.05) is 30.3 Å². The second kappa shape index (κ2) is 5.92. The van der Waals surface area contributed by atoms with Crippen LogP contribution in [0.2, 0.25) is 0 Å². The van der Waals surface area contributed by atoms with Crippen LogP contribution < -0.4 is 0 Å². The van der Waals surface area contributed by atoms with Gasteiger partial charge in [0.1, 0.15) is 12.4 Å². The van der Waals surface area contributed by atoms with Crippen molar-refractivity contribution in [2.75, 3.05) is 6.54 Å². The van der Waals surface area contributed by atoms with Crippen molar-refractivity contribution in [3.05, 3.63) is 54.9 Å². The Hall–Kier alpha value is -2.96. The first-order chi connectivity index (χ1) is 11.7. The standard InChI is InChI=1S/C17H18N6O/c1-13-17-19-16(14-5-3-2-4-6-14)20-23(17)10-9-22(13)15(24)11-21-8-7-18-12-21/h2-8,12-13H,9-11H2,1H3/t13-/m0/s1. The van der Waals surface area contributed by atoms with Gasteiger partial charge in [0.25, 0.3) is 0 Å². The number of amides is 1. The number of carbonyl (C=O) groups is 1. The molecule has 0 radical (unpaired) electrons. The van der Waals surface area contributed by atoms with E-state index < -0.39 is 0 Å². The summed E-state index contributed by atoms with van der Waals surface area (Å²) >= 11 is 0. The number of aromatic nitrogens is 5. The van der Waals surface area contributed by atoms with Crippen LogP contribution in [0.1, 0.15) is 18.8 Å². The molecular weight excluding hydrogens is 304 g/mol. The average Bonchev–Trinajstić information content (AvgIpc) is 3.25. The Labute approximate surface area is 139 Å². The molecule has 1 amide bonds. The zero-order valence-corrected chi connectivity index (χ0v) is 13.4. The molecule has 0 fully saturated rings. The summed E-state index contributed by atoms with van der Waals surface area (Å²) in [6.07, 6.45) is 5.13. The highest BCUT2D eigenvalue weighted by atomic mass is 16.2. The highest BCUT2D eigenvalue weighted by Gasteiger charge is 2.30. The molecule has 1 aromatic carbocycles. The minimum atomic E-state index is -0.0975. The maximum atomic E-state index is 12.6. The number of benzene rings is 1. The highest BCUT2D eigenvalue weighted by molar-refractivity contribution is 5.76. The third kappa shape index (κ3) is 2.58. The van der Waals surface area contributed by atoms with Gasteiger partial charge in [-0.25, -0.2) is 14.6 Å². The predicted octanol–water partition coefficient (Wildman–Crippen LogP) is 1.74. The van der Waals surface area contributed by atoms with E-state index in [0.717, 1.165) is 11.4 Å². The Morgan fingerprint density at radius 2 is 2.08 bits per heavy atom. The van der Waals surface area contributed by atoms with Gasteiger partial charge in [-0.05, 0) is 6.92 Å². The molecule has 0 unspecified atom stereocenters. The molecule has 7 nitrogen and oxygen atoms in total. The lowest BCUT2D eigenvalue weighted by molar-refractivity contribution is -0.135. The second-order valence-corrected chi connectivity index (χ2v) is 5.88. The summed E-state index contributed by atoms with van der Waals surface area (Å²) in [7, 11) is 0. The van der Waals surface area contributed by atoms with E-state index in [-0.39, 0.29) is 11.9 Å². The van der Waals surface area contributed by atoms with E-state index in [9.17, 15) is 4.79 Å². The van der Waals surface area contributed by atoms with Crippen molar-refractivity contribution in [1.29, 1.82) is 0 Å². The van der Waals surface area contributed by atoms with E-state index in [1.165, 1.54) is 0 Å². The molecule has 122 valence electrons.